The second kappa shape index (κ2) is 7.41. The van der Waals surface area contributed by atoms with Crippen molar-refractivity contribution in [2.45, 2.75) is 37.9 Å². The molecule has 3 aromatic heterocycles. The van der Waals surface area contributed by atoms with Gasteiger partial charge in [0.25, 0.3) is 0 Å². The van der Waals surface area contributed by atoms with Crippen LogP contribution in [0.3, 0.4) is 0 Å². The predicted octanol–water partition coefficient (Wildman–Crippen LogP) is 2.38. The Balaban J connectivity index is 1.48. The quantitative estimate of drug-likeness (QED) is 0.518. The summed E-state index contributed by atoms with van der Waals surface area (Å²) in [6.45, 7) is 3.31. The molecule has 3 aliphatic rings. The minimum atomic E-state index is -4.64. The number of halogens is 3. The van der Waals surface area contributed by atoms with Crippen LogP contribution in [0.2, 0.25) is 0 Å². The van der Waals surface area contributed by atoms with E-state index in [4.69, 9.17) is 16.2 Å². The van der Waals surface area contributed by atoms with Crippen LogP contribution < -0.4 is 21.7 Å². The molecule has 3 atom stereocenters. The maximum atomic E-state index is 13.1. The molecule has 12 heteroatoms. The summed E-state index contributed by atoms with van der Waals surface area (Å²) in [6.07, 6.45) is -2.53. The Kier molecular flexibility index (Phi) is 4.78. The van der Waals surface area contributed by atoms with Crippen LogP contribution in [-0.2, 0) is 10.9 Å². The summed E-state index contributed by atoms with van der Waals surface area (Å²) in [7, 11) is 0. The molecule has 0 spiro atoms. The van der Waals surface area contributed by atoms with Gasteiger partial charge in [0.05, 0.1) is 23.6 Å². The molecule has 2 bridgehead atoms. The fourth-order valence-corrected chi connectivity index (χ4v) is 4.08. The number of anilines is 3. The van der Waals surface area contributed by atoms with E-state index in [2.05, 4.69) is 30.4 Å². The summed E-state index contributed by atoms with van der Waals surface area (Å²) in [5.74, 6) is 1.08. The van der Waals surface area contributed by atoms with Crippen molar-refractivity contribution in [2.24, 2.45) is 5.73 Å². The fourth-order valence-electron chi connectivity index (χ4n) is 4.08. The first-order chi connectivity index (χ1) is 15.2. The van der Waals surface area contributed by atoms with E-state index >= 15 is 0 Å². The van der Waals surface area contributed by atoms with Gasteiger partial charge in [0.2, 0.25) is 0 Å². The lowest BCUT2D eigenvalue weighted by molar-refractivity contribution is -0.141. The largest absolute Gasteiger partial charge is 0.433 e. The summed E-state index contributed by atoms with van der Waals surface area (Å²) in [6, 6.07) is 3.94. The van der Waals surface area contributed by atoms with Gasteiger partial charge in [0.15, 0.2) is 5.82 Å². The molecule has 5 N–H and O–H groups in total. The van der Waals surface area contributed by atoms with E-state index in [0.717, 1.165) is 36.8 Å². The van der Waals surface area contributed by atoms with Crippen LogP contribution in [0.1, 0.15) is 29.7 Å². The van der Waals surface area contributed by atoms with Crippen molar-refractivity contribution in [3.63, 3.8) is 0 Å². The Morgan fingerprint density at radius 2 is 1.88 bits per heavy atom. The van der Waals surface area contributed by atoms with E-state index in [0.29, 0.717) is 16.9 Å². The number of nitrogens with two attached hydrogens (primary N) is 2. The van der Waals surface area contributed by atoms with Crippen LogP contribution in [0, 0.1) is 6.92 Å². The van der Waals surface area contributed by atoms with E-state index in [1.165, 1.54) is 6.07 Å². The van der Waals surface area contributed by atoms with Gasteiger partial charge in [-0.3, -0.25) is 0 Å². The highest BCUT2D eigenvalue weighted by Crippen LogP contribution is 2.34. The van der Waals surface area contributed by atoms with Gasteiger partial charge < -0.3 is 26.4 Å². The Morgan fingerprint density at radius 3 is 2.56 bits per heavy atom. The topological polar surface area (TPSA) is 128 Å². The SMILES string of the molecule is Cc1nnc(N[C@H](N)c2cc(N)cc(C(F)(F)F)n2)c2cc(N3CC4CC(C3)O4)ncc12. The molecule has 168 valence electrons. The Hall–Kier alpha value is -3.25. The molecule has 3 saturated heterocycles. The van der Waals surface area contributed by atoms with Gasteiger partial charge in [0.1, 0.15) is 17.7 Å². The highest BCUT2D eigenvalue weighted by molar-refractivity contribution is 5.94. The van der Waals surface area contributed by atoms with E-state index in [-0.39, 0.29) is 23.6 Å². The van der Waals surface area contributed by atoms with E-state index in [1.807, 2.05) is 6.07 Å². The van der Waals surface area contributed by atoms with Crippen molar-refractivity contribution < 1.29 is 17.9 Å². The van der Waals surface area contributed by atoms with Crippen LogP contribution in [0.25, 0.3) is 10.8 Å². The molecule has 3 aromatic rings. The Bertz CT molecular complexity index is 1170. The number of piperidine rings is 1. The highest BCUT2D eigenvalue weighted by Gasteiger charge is 2.39. The number of nitrogens with zero attached hydrogens (tertiary/aromatic N) is 5. The number of nitrogen functional groups attached to an aromatic ring is 1. The number of pyridine rings is 2. The van der Waals surface area contributed by atoms with Crippen molar-refractivity contribution in [3.8, 4) is 0 Å². The fraction of sp³-hybridized carbons (Fsp3) is 0.400. The number of hydrogen-bond donors (Lipinski definition) is 3. The van der Waals surface area contributed by atoms with Crippen LogP contribution in [0.4, 0.5) is 30.5 Å². The van der Waals surface area contributed by atoms with Gasteiger partial charge in [-0.15, -0.1) is 5.10 Å². The molecule has 2 unspecified atom stereocenters. The molecule has 32 heavy (non-hydrogen) atoms. The van der Waals surface area contributed by atoms with Crippen LogP contribution >= 0.6 is 0 Å². The van der Waals surface area contributed by atoms with Gasteiger partial charge in [-0.05, 0) is 25.1 Å². The van der Waals surface area contributed by atoms with E-state index in [9.17, 15) is 13.2 Å². The third kappa shape index (κ3) is 3.75. The van der Waals surface area contributed by atoms with E-state index < -0.39 is 18.0 Å². The maximum Gasteiger partial charge on any atom is 0.433 e. The molecule has 3 aliphatic heterocycles. The molecule has 9 nitrogen and oxygen atoms in total. The average Bonchev–Trinajstić information content (AvgIpc) is 2.74. The number of aromatic nitrogens is 4. The molecule has 3 fully saturated rings. The van der Waals surface area contributed by atoms with Crippen molar-refractivity contribution in [1.29, 1.82) is 0 Å². The summed E-state index contributed by atoms with van der Waals surface area (Å²) in [4.78, 5) is 10.3. The molecule has 0 amide bonds. The summed E-state index contributed by atoms with van der Waals surface area (Å²) >= 11 is 0. The minimum Gasteiger partial charge on any atom is -0.399 e. The lowest BCUT2D eigenvalue weighted by Gasteiger charge is -2.47. The first-order valence-corrected chi connectivity index (χ1v) is 10.1. The number of alkyl halides is 3. The summed E-state index contributed by atoms with van der Waals surface area (Å²) in [5, 5.41) is 12.7. The zero-order valence-corrected chi connectivity index (χ0v) is 17.1. The molecular weight excluding hydrogens is 425 g/mol. The van der Waals surface area contributed by atoms with Crippen molar-refractivity contribution in [3.05, 3.63) is 41.5 Å². The summed E-state index contributed by atoms with van der Waals surface area (Å²) in [5.41, 5.74) is 11.2. The third-order valence-corrected chi connectivity index (χ3v) is 5.69. The Morgan fingerprint density at radius 1 is 1.16 bits per heavy atom. The first kappa shape index (κ1) is 20.6. The normalized spacial score (nSPS) is 21.3. The lowest BCUT2D eigenvalue weighted by atomic mass is 9.99. The number of fused-ring (bicyclic) bond motifs is 3. The number of nitrogens with one attached hydrogen (secondary N) is 1. The minimum absolute atomic E-state index is 0.0598. The van der Waals surface area contributed by atoms with Gasteiger partial charge in [-0.25, -0.2) is 9.97 Å². The Labute approximate surface area is 181 Å². The van der Waals surface area contributed by atoms with Gasteiger partial charge >= 0.3 is 6.18 Å². The number of rotatable bonds is 4. The second-order valence-corrected chi connectivity index (χ2v) is 8.07. The van der Waals surface area contributed by atoms with E-state index in [1.54, 1.807) is 13.1 Å². The van der Waals surface area contributed by atoms with Crippen molar-refractivity contribution in [1.82, 2.24) is 20.2 Å². The molecule has 0 aromatic carbocycles. The second-order valence-electron chi connectivity index (χ2n) is 8.07. The molecule has 6 rings (SSSR count). The number of ether oxygens (including phenoxy) is 1. The van der Waals surface area contributed by atoms with Crippen molar-refractivity contribution in [2.75, 3.05) is 29.0 Å². The van der Waals surface area contributed by atoms with Crippen LogP contribution in [0.15, 0.2) is 24.4 Å². The lowest BCUT2D eigenvalue weighted by Crippen LogP contribution is -2.57. The number of aryl methyl sites for hydroxylation is 1. The maximum absolute atomic E-state index is 13.1. The molecule has 6 heterocycles. The number of morpholine rings is 1. The smallest absolute Gasteiger partial charge is 0.399 e. The summed E-state index contributed by atoms with van der Waals surface area (Å²) < 4.78 is 45.0. The molecule has 0 aliphatic carbocycles. The number of hydrogen-bond acceptors (Lipinski definition) is 9. The predicted molar refractivity (Wildman–Crippen MR) is 112 cm³/mol. The van der Waals surface area contributed by atoms with Gasteiger partial charge in [0, 0.05) is 42.2 Å². The standard InChI is InChI=1S/C20H21F3N8O/c1-9-14-6-26-17(31-7-11-4-12(8-31)32-11)5-13(14)19(30-29-9)28-18(25)15-2-10(24)3-16(27-15)20(21,22)23/h2-3,5-6,11-12,18H,4,7-8,25H2,1H3,(H2,24,27)(H,28,30)/t11?,12?,18-/m0/s1. The van der Waals surface area contributed by atoms with Gasteiger partial charge in [-0.1, -0.05) is 0 Å². The zero-order valence-electron chi connectivity index (χ0n) is 17.1. The van der Waals surface area contributed by atoms with Crippen LogP contribution in [-0.4, -0.2) is 45.5 Å². The first-order valence-electron chi connectivity index (χ1n) is 10.1. The van der Waals surface area contributed by atoms with Crippen LogP contribution in [0.5, 0.6) is 0 Å². The van der Waals surface area contributed by atoms with Crippen molar-refractivity contribution >= 4 is 28.1 Å². The average molecular weight is 446 g/mol. The zero-order chi connectivity index (χ0) is 22.6. The molecular formula is C20H21F3N8O. The monoisotopic (exact) mass is 446 g/mol. The van der Waals surface area contributed by atoms with Gasteiger partial charge in [-0.2, -0.15) is 18.3 Å². The molecule has 0 radical (unpaired) electrons. The molecule has 0 saturated carbocycles. The highest BCUT2D eigenvalue weighted by atomic mass is 19.4. The third-order valence-electron chi connectivity index (χ3n) is 5.69.